The summed E-state index contributed by atoms with van der Waals surface area (Å²) in [7, 11) is -2.55. The summed E-state index contributed by atoms with van der Waals surface area (Å²) >= 11 is 0. The molecule has 23 heavy (non-hydrogen) atoms. The van der Waals surface area contributed by atoms with Gasteiger partial charge in [0.15, 0.2) is 0 Å². The number of nitrogens with zero attached hydrogens (tertiary/aromatic N) is 1. The van der Waals surface area contributed by atoms with Crippen LogP contribution in [-0.2, 0) is 14.8 Å². The minimum absolute atomic E-state index is 0.0504. The minimum atomic E-state index is -3.92. The zero-order valence-corrected chi connectivity index (χ0v) is 14.6. The Hall–Kier alpha value is -2.11. The molecule has 0 aliphatic rings. The quantitative estimate of drug-likeness (QED) is 0.822. The van der Waals surface area contributed by atoms with E-state index in [0.29, 0.717) is 5.69 Å². The van der Waals surface area contributed by atoms with Crippen LogP contribution in [0, 0.1) is 17.2 Å². The van der Waals surface area contributed by atoms with Crippen LogP contribution in [0.2, 0.25) is 0 Å². The lowest BCUT2D eigenvalue weighted by molar-refractivity contribution is -0.114. The Balaban J connectivity index is 3.25. The van der Waals surface area contributed by atoms with E-state index in [1.54, 1.807) is 13.8 Å². The molecule has 8 heteroatoms. The first kappa shape index (κ1) is 18.9. The fourth-order valence-electron chi connectivity index (χ4n) is 1.74. The van der Waals surface area contributed by atoms with E-state index in [4.69, 9.17) is 4.74 Å². The van der Waals surface area contributed by atoms with Crippen LogP contribution in [-0.4, -0.2) is 27.0 Å². The van der Waals surface area contributed by atoms with Crippen molar-refractivity contribution in [2.24, 2.45) is 5.92 Å². The lowest BCUT2D eigenvalue weighted by atomic mass is 9.92. The number of nitrogens with one attached hydrogen (secondary N) is 2. The maximum Gasteiger partial charge on any atom is 0.242 e. The number of ether oxygens (including phenoxy) is 1. The van der Waals surface area contributed by atoms with Crippen LogP contribution in [0.5, 0.6) is 5.75 Å². The van der Waals surface area contributed by atoms with Crippen molar-refractivity contribution in [3.05, 3.63) is 18.2 Å². The molecule has 1 atom stereocenters. The van der Waals surface area contributed by atoms with Gasteiger partial charge in [-0.25, -0.2) is 8.42 Å². The van der Waals surface area contributed by atoms with Crippen LogP contribution in [0.4, 0.5) is 5.69 Å². The summed E-state index contributed by atoms with van der Waals surface area (Å²) in [6, 6.07) is 6.07. The Labute approximate surface area is 136 Å². The van der Waals surface area contributed by atoms with Crippen molar-refractivity contribution in [3.63, 3.8) is 0 Å². The van der Waals surface area contributed by atoms with Crippen molar-refractivity contribution in [1.29, 1.82) is 5.26 Å². The normalized spacial score (nSPS) is 14.0. The molecule has 0 saturated heterocycles. The predicted molar refractivity (Wildman–Crippen MR) is 86.5 cm³/mol. The van der Waals surface area contributed by atoms with Gasteiger partial charge in [-0.15, -0.1) is 0 Å². The molecule has 0 aromatic heterocycles. The molecular formula is C15H21N3O4S. The van der Waals surface area contributed by atoms with Crippen LogP contribution in [0.25, 0.3) is 0 Å². The van der Waals surface area contributed by atoms with Crippen LogP contribution in [0.15, 0.2) is 23.1 Å². The van der Waals surface area contributed by atoms with E-state index >= 15 is 0 Å². The van der Waals surface area contributed by atoms with E-state index in [1.165, 1.54) is 39.2 Å². The molecule has 0 fully saturated rings. The number of amides is 1. The Bertz CT molecular complexity index is 738. The van der Waals surface area contributed by atoms with E-state index in [9.17, 15) is 18.5 Å². The van der Waals surface area contributed by atoms with E-state index < -0.39 is 15.6 Å². The van der Waals surface area contributed by atoms with Gasteiger partial charge in [0.05, 0.1) is 23.8 Å². The van der Waals surface area contributed by atoms with Gasteiger partial charge in [-0.3, -0.25) is 4.79 Å². The van der Waals surface area contributed by atoms with Gasteiger partial charge < -0.3 is 10.1 Å². The number of methoxy groups -OCH3 is 1. The smallest absolute Gasteiger partial charge is 0.242 e. The van der Waals surface area contributed by atoms with Gasteiger partial charge in [0.2, 0.25) is 15.9 Å². The average molecular weight is 339 g/mol. The SMILES string of the molecule is COc1cc(S(=O)(=O)N[C@@](C)(C#N)C(C)C)ccc1NC(C)=O. The van der Waals surface area contributed by atoms with Crippen molar-refractivity contribution in [2.45, 2.75) is 38.1 Å². The largest absolute Gasteiger partial charge is 0.495 e. The van der Waals surface area contributed by atoms with E-state index in [-0.39, 0.29) is 22.5 Å². The molecule has 0 radical (unpaired) electrons. The summed E-state index contributed by atoms with van der Waals surface area (Å²) in [6.45, 7) is 6.38. The van der Waals surface area contributed by atoms with Crippen LogP contribution in [0.3, 0.4) is 0 Å². The molecule has 1 aromatic carbocycles. The zero-order chi connectivity index (χ0) is 17.8. The first-order valence-corrected chi connectivity index (χ1v) is 8.45. The second-order valence-electron chi connectivity index (χ2n) is 5.62. The number of carbonyl (C=O) groups is 1. The van der Waals surface area contributed by atoms with Gasteiger partial charge in [-0.05, 0) is 25.0 Å². The van der Waals surface area contributed by atoms with Gasteiger partial charge >= 0.3 is 0 Å². The molecule has 7 nitrogen and oxygen atoms in total. The lowest BCUT2D eigenvalue weighted by Gasteiger charge is -2.27. The minimum Gasteiger partial charge on any atom is -0.495 e. The molecule has 0 bridgehead atoms. The Morgan fingerprint density at radius 1 is 1.39 bits per heavy atom. The molecule has 126 valence electrons. The maximum absolute atomic E-state index is 12.5. The van der Waals surface area contributed by atoms with E-state index in [1.807, 2.05) is 6.07 Å². The fraction of sp³-hybridized carbons (Fsp3) is 0.467. The predicted octanol–water partition coefficient (Wildman–Crippen LogP) is 1.87. The highest BCUT2D eigenvalue weighted by Crippen LogP contribution is 2.28. The third kappa shape index (κ3) is 4.43. The van der Waals surface area contributed by atoms with Gasteiger partial charge in [0.1, 0.15) is 11.3 Å². The standard InChI is InChI=1S/C15H21N3O4S/c1-10(2)15(4,9-16)18-23(20,21)12-6-7-13(17-11(3)19)14(8-12)22-5/h6-8,10,18H,1-5H3,(H,17,19)/t15-/m0/s1. The molecule has 0 aliphatic heterocycles. The molecular weight excluding hydrogens is 318 g/mol. The molecule has 0 spiro atoms. The fourth-order valence-corrected chi connectivity index (χ4v) is 3.21. The maximum atomic E-state index is 12.5. The van der Waals surface area contributed by atoms with Crippen LogP contribution in [0.1, 0.15) is 27.7 Å². The molecule has 1 aromatic rings. The topological polar surface area (TPSA) is 108 Å². The van der Waals surface area contributed by atoms with Crippen molar-refractivity contribution in [2.75, 3.05) is 12.4 Å². The second kappa shape index (κ2) is 6.98. The Kier molecular flexibility index (Phi) is 5.75. The highest BCUT2D eigenvalue weighted by Gasteiger charge is 2.34. The van der Waals surface area contributed by atoms with Crippen LogP contribution >= 0.6 is 0 Å². The van der Waals surface area contributed by atoms with Crippen molar-refractivity contribution in [3.8, 4) is 11.8 Å². The second-order valence-corrected chi connectivity index (χ2v) is 7.30. The molecule has 1 amide bonds. The number of anilines is 1. The summed E-state index contributed by atoms with van der Waals surface area (Å²) in [4.78, 5) is 11.1. The summed E-state index contributed by atoms with van der Waals surface area (Å²) in [5.41, 5.74) is -0.867. The van der Waals surface area contributed by atoms with E-state index in [0.717, 1.165) is 0 Å². The average Bonchev–Trinajstić information content (AvgIpc) is 2.46. The summed E-state index contributed by atoms with van der Waals surface area (Å²) in [5, 5.41) is 11.8. The molecule has 0 heterocycles. The monoisotopic (exact) mass is 339 g/mol. The number of benzene rings is 1. The van der Waals surface area contributed by atoms with Gasteiger partial charge in [0, 0.05) is 13.0 Å². The van der Waals surface area contributed by atoms with Crippen LogP contribution < -0.4 is 14.8 Å². The lowest BCUT2D eigenvalue weighted by Crippen LogP contribution is -2.48. The van der Waals surface area contributed by atoms with Crippen molar-refractivity contribution < 1.29 is 17.9 Å². The first-order chi connectivity index (χ1) is 10.6. The molecule has 2 N–H and O–H groups in total. The van der Waals surface area contributed by atoms with E-state index in [2.05, 4.69) is 10.0 Å². The number of hydrogen-bond acceptors (Lipinski definition) is 5. The molecule has 0 unspecified atom stereocenters. The molecule has 0 saturated carbocycles. The number of rotatable bonds is 6. The number of nitriles is 1. The Morgan fingerprint density at radius 3 is 2.43 bits per heavy atom. The Morgan fingerprint density at radius 2 is 2.00 bits per heavy atom. The summed E-state index contributed by atoms with van der Waals surface area (Å²) in [6.07, 6.45) is 0. The molecule has 1 rings (SSSR count). The van der Waals surface area contributed by atoms with Gasteiger partial charge in [-0.1, -0.05) is 13.8 Å². The number of hydrogen-bond donors (Lipinski definition) is 2. The van der Waals surface area contributed by atoms with Crippen molar-refractivity contribution >= 4 is 21.6 Å². The van der Waals surface area contributed by atoms with Crippen molar-refractivity contribution in [1.82, 2.24) is 4.72 Å². The zero-order valence-electron chi connectivity index (χ0n) is 13.8. The third-order valence-electron chi connectivity index (χ3n) is 3.53. The number of sulfonamides is 1. The highest BCUT2D eigenvalue weighted by atomic mass is 32.2. The number of carbonyl (C=O) groups excluding carboxylic acids is 1. The van der Waals surface area contributed by atoms with Gasteiger partial charge in [-0.2, -0.15) is 9.98 Å². The first-order valence-electron chi connectivity index (χ1n) is 6.96. The van der Waals surface area contributed by atoms with Gasteiger partial charge in [0.25, 0.3) is 0 Å². The third-order valence-corrected chi connectivity index (χ3v) is 5.09. The molecule has 0 aliphatic carbocycles. The summed E-state index contributed by atoms with van der Waals surface area (Å²) in [5.74, 6) is -0.303. The summed E-state index contributed by atoms with van der Waals surface area (Å²) < 4.78 is 32.5. The highest BCUT2D eigenvalue weighted by molar-refractivity contribution is 7.89.